The van der Waals surface area contributed by atoms with Gasteiger partial charge in [0.2, 0.25) is 5.91 Å². The molecule has 0 saturated carbocycles. The Hall–Kier alpha value is -1.59. The number of benzene rings is 1. The molecule has 0 spiro atoms. The fourth-order valence-electron chi connectivity index (χ4n) is 2.01. The summed E-state index contributed by atoms with van der Waals surface area (Å²) in [5.74, 6) is 0.770. The first kappa shape index (κ1) is 17.5. The third-order valence-corrected chi connectivity index (χ3v) is 3.14. The summed E-state index contributed by atoms with van der Waals surface area (Å²) < 4.78 is 10.5. The molecule has 0 aromatic heterocycles. The number of para-hydroxylation sites is 1. The number of carbonyl (C=O) groups excluding carboxylic acids is 1. The zero-order valence-corrected chi connectivity index (χ0v) is 13.0. The molecule has 5 nitrogen and oxygen atoms in total. The van der Waals surface area contributed by atoms with Gasteiger partial charge in [0.05, 0.1) is 25.7 Å². The fraction of sp³-hybridized carbons (Fsp3) is 0.562. The highest BCUT2D eigenvalue weighted by Gasteiger charge is 2.07. The Labute approximate surface area is 126 Å². The molecule has 0 fully saturated rings. The Morgan fingerprint density at radius 2 is 2.00 bits per heavy atom. The molecule has 1 aromatic carbocycles. The summed E-state index contributed by atoms with van der Waals surface area (Å²) in [5.41, 5.74) is 2.14. The molecule has 1 amide bonds. The monoisotopic (exact) mass is 295 g/mol. The lowest BCUT2D eigenvalue weighted by Gasteiger charge is -2.12. The van der Waals surface area contributed by atoms with Crippen LogP contribution in [0.25, 0.3) is 0 Å². The minimum Gasteiger partial charge on any atom is -0.493 e. The average Bonchev–Trinajstić information content (AvgIpc) is 2.42. The molecule has 0 radical (unpaired) electrons. The maximum absolute atomic E-state index is 11.6. The van der Waals surface area contributed by atoms with E-state index >= 15 is 0 Å². The molecule has 0 saturated heterocycles. The lowest BCUT2D eigenvalue weighted by molar-refractivity contribution is -0.121. The van der Waals surface area contributed by atoms with Crippen molar-refractivity contribution >= 4 is 5.91 Å². The first-order valence-electron chi connectivity index (χ1n) is 7.17. The third kappa shape index (κ3) is 6.60. The van der Waals surface area contributed by atoms with Gasteiger partial charge < -0.3 is 19.9 Å². The highest BCUT2D eigenvalue weighted by atomic mass is 16.5. The fourth-order valence-corrected chi connectivity index (χ4v) is 2.01. The van der Waals surface area contributed by atoms with Gasteiger partial charge in [-0.05, 0) is 31.4 Å². The van der Waals surface area contributed by atoms with Crippen molar-refractivity contribution < 1.29 is 19.4 Å². The molecule has 0 aliphatic heterocycles. The number of amides is 1. The molecule has 0 heterocycles. The number of hydrogen-bond donors (Lipinski definition) is 2. The number of methoxy groups -OCH3 is 1. The van der Waals surface area contributed by atoms with E-state index < -0.39 is 6.10 Å². The Morgan fingerprint density at radius 3 is 2.62 bits per heavy atom. The zero-order chi connectivity index (χ0) is 15.7. The molecule has 0 aliphatic rings. The minimum atomic E-state index is -0.541. The maximum atomic E-state index is 11.6. The molecule has 0 bridgehead atoms. The quantitative estimate of drug-likeness (QED) is 0.726. The van der Waals surface area contributed by atoms with Gasteiger partial charge >= 0.3 is 0 Å². The van der Waals surface area contributed by atoms with Crippen LogP contribution in [0.1, 0.15) is 24.0 Å². The van der Waals surface area contributed by atoms with E-state index in [0.29, 0.717) is 26.0 Å². The van der Waals surface area contributed by atoms with E-state index in [0.717, 1.165) is 16.9 Å². The predicted octanol–water partition coefficient (Wildman–Crippen LogP) is 1.59. The molecule has 1 rings (SSSR count). The number of aryl methyl sites for hydroxylation is 2. The number of carbonyl (C=O) groups is 1. The second kappa shape index (κ2) is 9.37. The highest BCUT2D eigenvalue weighted by molar-refractivity contribution is 5.75. The Bertz CT molecular complexity index is 428. The summed E-state index contributed by atoms with van der Waals surface area (Å²) in [6, 6.07) is 5.95. The number of nitrogens with one attached hydrogen (secondary N) is 1. The van der Waals surface area contributed by atoms with Crippen molar-refractivity contribution in [3.8, 4) is 5.75 Å². The molecular weight excluding hydrogens is 270 g/mol. The lowest BCUT2D eigenvalue weighted by Crippen LogP contribution is -2.29. The molecule has 1 atom stereocenters. The maximum Gasteiger partial charge on any atom is 0.223 e. The summed E-state index contributed by atoms with van der Waals surface area (Å²) >= 11 is 0. The number of aliphatic hydroxyl groups is 1. The van der Waals surface area contributed by atoms with Gasteiger partial charge in [-0.15, -0.1) is 0 Å². The van der Waals surface area contributed by atoms with E-state index in [9.17, 15) is 9.90 Å². The molecular formula is C16H25NO4. The van der Waals surface area contributed by atoms with Crippen LogP contribution in [-0.4, -0.2) is 44.0 Å². The summed E-state index contributed by atoms with van der Waals surface area (Å²) in [6.45, 7) is 5.04. The van der Waals surface area contributed by atoms with E-state index in [4.69, 9.17) is 9.47 Å². The van der Waals surface area contributed by atoms with E-state index in [1.807, 2.05) is 32.0 Å². The van der Waals surface area contributed by atoms with Crippen molar-refractivity contribution in [2.45, 2.75) is 32.8 Å². The van der Waals surface area contributed by atoms with Crippen LogP contribution in [0.3, 0.4) is 0 Å². The van der Waals surface area contributed by atoms with Crippen molar-refractivity contribution in [3.05, 3.63) is 29.3 Å². The van der Waals surface area contributed by atoms with Crippen molar-refractivity contribution in [2.75, 3.05) is 26.9 Å². The largest absolute Gasteiger partial charge is 0.493 e. The predicted molar refractivity (Wildman–Crippen MR) is 81.5 cm³/mol. The minimum absolute atomic E-state index is 0.0779. The normalized spacial score (nSPS) is 12.0. The number of rotatable bonds is 9. The molecule has 118 valence electrons. The van der Waals surface area contributed by atoms with Crippen molar-refractivity contribution in [2.24, 2.45) is 0 Å². The van der Waals surface area contributed by atoms with E-state index in [1.165, 1.54) is 7.11 Å². The number of aliphatic hydroxyl groups excluding tert-OH is 1. The average molecular weight is 295 g/mol. The van der Waals surface area contributed by atoms with Gasteiger partial charge in [0.1, 0.15) is 5.75 Å². The van der Waals surface area contributed by atoms with E-state index in [-0.39, 0.29) is 12.5 Å². The van der Waals surface area contributed by atoms with Crippen LogP contribution in [0.4, 0.5) is 0 Å². The zero-order valence-electron chi connectivity index (χ0n) is 13.0. The Kier molecular flexibility index (Phi) is 7.79. The third-order valence-electron chi connectivity index (χ3n) is 3.14. The van der Waals surface area contributed by atoms with Crippen LogP contribution in [0.5, 0.6) is 5.75 Å². The van der Waals surface area contributed by atoms with Gasteiger partial charge in [-0.1, -0.05) is 18.2 Å². The summed E-state index contributed by atoms with van der Waals surface area (Å²) in [7, 11) is 1.53. The van der Waals surface area contributed by atoms with Crippen LogP contribution < -0.4 is 10.1 Å². The van der Waals surface area contributed by atoms with E-state index in [1.54, 1.807) is 0 Å². The van der Waals surface area contributed by atoms with Gasteiger partial charge in [-0.25, -0.2) is 0 Å². The number of ether oxygens (including phenoxy) is 2. The summed E-state index contributed by atoms with van der Waals surface area (Å²) in [4.78, 5) is 11.6. The van der Waals surface area contributed by atoms with Crippen molar-refractivity contribution in [1.29, 1.82) is 0 Å². The molecule has 21 heavy (non-hydrogen) atoms. The standard InChI is InChI=1S/C16H25NO4/c1-12-5-4-6-13(2)16(12)21-10-8-15(19)17-9-7-14(18)11-20-3/h4-6,14,18H,7-11H2,1-3H3,(H,17,19). The molecule has 1 unspecified atom stereocenters. The van der Waals surface area contributed by atoms with Crippen molar-refractivity contribution in [3.63, 3.8) is 0 Å². The topological polar surface area (TPSA) is 67.8 Å². The van der Waals surface area contributed by atoms with E-state index in [2.05, 4.69) is 5.32 Å². The summed E-state index contributed by atoms with van der Waals surface area (Å²) in [5, 5.41) is 12.2. The summed E-state index contributed by atoms with van der Waals surface area (Å²) in [6.07, 6.45) is 0.243. The first-order chi connectivity index (χ1) is 10.0. The molecule has 0 aliphatic carbocycles. The first-order valence-corrected chi connectivity index (χ1v) is 7.17. The Balaban J connectivity index is 2.22. The number of hydrogen-bond acceptors (Lipinski definition) is 4. The molecule has 2 N–H and O–H groups in total. The smallest absolute Gasteiger partial charge is 0.223 e. The Morgan fingerprint density at radius 1 is 1.33 bits per heavy atom. The van der Waals surface area contributed by atoms with Gasteiger partial charge in [0.15, 0.2) is 0 Å². The van der Waals surface area contributed by atoms with Crippen LogP contribution in [-0.2, 0) is 9.53 Å². The van der Waals surface area contributed by atoms with Crippen molar-refractivity contribution in [1.82, 2.24) is 5.32 Å². The van der Waals surface area contributed by atoms with Gasteiger partial charge in [-0.2, -0.15) is 0 Å². The van der Waals surface area contributed by atoms with Gasteiger partial charge in [-0.3, -0.25) is 4.79 Å². The highest BCUT2D eigenvalue weighted by Crippen LogP contribution is 2.22. The van der Waals surface area contributed by atoms with Gasteiger partial charge in [0.25, 0.3) is 0 Å². The second-order valence-electron chi connectivity index (χ2n) is 5.07. The molecule has 1 aromatic rings. The van der Waals surface area contributed by atoms with Crippen LogP contribution in [0, 0.1) is 13.8 Å². The van der Waals surface area contributed by atoms with Gasteiger partial charge in [0, 0.05) is 13.7 Å². The second-order valence-corrected chi connectivity index (χ2v) is 5.07. The lowest BCUT2D eigenvalue weighted by atomic mass is 10.1. The van der Waals surface area contributed by atoms with Crippen LogP contribution >= 0.6 is 0 Å². The van der Waals surface area contributed by atoms with Crippen LogP contribution in [0.15, 0.2) is 18.2 Å². The SMILES string of the molecule is COCC(O)CCNC(=O)CCOc1c(C)cccc1C. The molecule has 5 heteroatoms. The van der Waals surface area contributed by atoms with Crippen LogP contribution in [0.2, 0.25) is 0 Å².